The van der Waals surface area contributed by atoms with E-state index in [0.29, 0.717) is 5.92 Å². The van der Waals surface area contributed by atoms with Gasteiger partial charge in [0.2, 0.25) is 0 Å². The average molecular weight is 153 g/mol. The molecule has 0 amide bonds. The van der Waals surface area contributed by atoms with Crippen molar-refractivity contribution in [3.05, 3.63) is 23.9 Å². The molecule has 11 heavy (non-hydrogen) atoms. The van der Waals surface area contributed by atoms with Crippen LogP contribution in [0.2, 0.25) is 0 Å². The zero-order valence-electron chi connectivity index (χ0n) is 7.80. The molecule has 0 atom stereocenters. The summed E-state index contributed by atoms with van der Waals surface area (Å²) < 4.78 is 0. The molecule has 0 bridgehead atoms. The van der Waals surface area contributed by atoms with E-state index in [2.05, 4.69) is 32.1 Å². The Hall–Kier alpha value is -0.720. The second kappa shape index (κ2) is 6.02. The average Bonchev–Trinajstić information content (AvgIpc) is 1.85. The molecule has 0 aromatic heterocycles. The predicted molar refractivity (Wildman–Crippen MR) is 51.2 cm³/mol. The highest BCUT2D eigenvalue weighted by atomic mass is 14.5. The van der Waals surface area contributed by atoms with Crippen LogP contribution in [0.25, 0.3) is 0 Å². The van der Waals surface area contributed by atoms with Crippen LogP contribution in [0.4, 0.5) is 0 Å². The maximum atomic E-state index is 5.47. The highest BCUT2D eigenvalue weighted by Crippen LogP contribution is 1.99. The molecule has 0 rings (SSSR count). The first-order valence-electron chi connectivity index (χ1n) is 4.22. The summed E-state index contributed by atoms with van der Waals surface area (Å²) in [6.07, 6.45) is 8.66. The SMILES string of the molecule is CC(N)=CCC/C=C/C(C)C. The third kappa shape index (κ3) is 9.28. The van der Waals surface area contributed by atoms with Gasteiger partial charge in [-0.1, -0.05) is 32.1 Å². The minimum Gasteiger partial charge on any atom is -0.403 e. The van der Waals surface area contributed by atoms with Crippen LogP contribution in [0, 0.1) is 5.92 Å². The van der Waals surface area contributed by atoms with Gasteiger partial charge in [0, 0.05) is 5.70 Å². The van der Waals surface area contributed by atoms with Crippen LogP contribution in [0.5, 0.6) is 0 Å². The number of hydrogen-bond donors (Lipinski definition) is 1. The van der Waals surface area contributed by atoms with Crippen LogP contribution in [0.15, 0.2) is 23.9 Å². The molecule has 64 valence electrons. The summed E-state index contributed by atoms with van der Waals surface area (Å²) in [4.78, 5) is 0. The third-order valence-electron chi connectivity index (χ3n) is 1.32. The molecular weight excluding hydrogens is 134 g/mol. The summed E-state index contributed by atoms with van der Waals surface area (Å²) in [6.45, 7) is 6.28. The molecule has 0 aliphatic carbocycles. The molecule has 0 saturated carbocycles. The fourth-order valence-electron chi connectivity index (χ4n) is 0.776. The topological polar surface area (TPSA) is 26.0 Å². The van der Waals surface area contributed by atoms with Crippen molar-refractivity contribution in [3.8, 4) is 0 Å². The van der Waals surface area contributed by atoms with E-state index in [-0.39, 0.29) is 0 Å². The Balaban J connectivity index is 3.35. The van der Waals surface area contributed by atoms with Gasteiger partial charge in [0.25, 0.3) is 0 Å². The fraction of sp³-hybridized carbons (Fsp3) is 0.600. The molecule has 0 heterocycles. The van der Waals surface area contributed by atoms with Crippen molar-refractivity contribution in [3.63, 3.8) is 0 Å². The number of unbranched alkanes of at least 4 members (excludes halogenated alkanes) is 1. The number of rotatable bonds is 4. The summed E-state index contributed by atoms with van der Waals surface area (Å²) >= 11 is 0. The molecule has 0 aromatic rings. The van der Waals surface area contributed by atoms with E-state index in [9.17, 15) is 0 Å². The first-order chi connectivity index (χ1) is 5.13. The van der Waals surface area contributed by atoms with Gasteiger partial charge in [0.15, 0.2) is 0 Å². The normalized spacial score (nSPS) is 13.3. The van der Waals surface area contributed by atoms with Crippen LogP contribution < -0.4 is 5.73 Å². The van der Waals surface area contributed by atoms with Gasteiger partial charge < -0.3 is 5.73 Å². The lowest BCUT2D eigenvalue weighted by Gasteiger charge is -1.93. The van der Waals surface area contributed by atoms with Gasteiger partial charge in [-0.3, -0.25) is 0 Å². The lowest BCUT2D eigenvalue weighted by molar-refractivity contribution is 0.823. The number of allylic oxidation sites excluding steroid dienone is 4. The lowest BCUT2D eigenvalue weighted by atomic mass is 10.2. The Morgan fingerprint density at radius 3 is 2.45 bits per heavy atom. The zero-order valence-corrected chi connectivity index (χ0v) is 7.80. The molecular formula is C10H19N. The fourth-order valence-corrected chi connectivity index (χ4v) is 0.776. The standard InChI is InChI=1S/C10H19N/c1-9(2)7-5-4-6-8-10(3)11/h5,7-9H,4,6,11H2,1-3H3/b7-5+,10-8?. The first kappa shape index (κ1) is 10.3. The summed E-state index contributed by atoms with van der Waals surface area (Å²) in [7, 11) is 0. The number of hydrogen-bond acceptors (Lipinski definition) is 1. The molecule has 0 unspecified atom stereocenters. The quantitative estimate of drug-likeness (QED) is 0.488. The third-order valence-corrected chi connectivity index (χ3v) is 1.32. The van der Waals surface area contributed by atoms with Gasteiger partial charge in [0.05, 0.1) is 0 Å². The Morgan fingerprint density at radius 1 is 1.36 bits per heavy atom. The highest BCUT2D eigenvalue weighted by Gasteiger charge is 1.82. The summed E-state index contributed by atoms with van der Waals surface area (Å²) in [5.74, 6) is 0.665. The molecule has 0 aliphatic heterocycles. The maximum absolute atomic E-state index is 5.47. The lowest BCUT2D eigenvalue weighted by Crippen LogP contribution is -1.88. The van der Waals surface area contributed by atoms with E-state index in [0.717, 1.165) is 18.5 Å². The smallest absolute Gasteiger partial charge is 0.000844 e. The molecule has 0 aromatic carbocycles. The van der Waals surface area contributed by atoms with Gasteiger partial charge in [-0.2, -0.15) is 0 Å². The van der Waals surface area contributed by atoms with E-state index in [1.165, 1.54) is 0 Å². The molecule has 1 heteroatoms. The van der Waals surface area contributed by atoms with Crippen LogP contribution >= 0.6 is 0 Å². The Kier molecular flexibility index (Phi) is 5.63. The van der Waals surface area contributed by atoms with E-state index < -0.39 is 0 Å². The molecule has 2 N–H and O–H groups in total. The van der Waals surface area contributed by atoms with Gasteiger partial charge in [-0.05, 0) is 25.7 Å². The van der Waals surface area contributed by atoms with E-state index in [1.807, 2.05) is 6.92 Å². The minimum absolute atomic E-state index is 0.665. The Labute approximate surface area is 70.0 Å². The summed E-state index contributed by atoms with van der Waals surface area (Å²) in [6, 6.07) is 0. The van der Waals surface area contributed by atoms with E-state index >= 15 is 0 Å². The molecule has 0 aliphatic rings. The molecule has 0 fully saturated rings. The van der Waals surface area contributed by atoms with Gasteiger partial charge in [-0.25, -0.2) is 0 Å². The van der Waals surface area contributed by atoms with Crippen molar-refractivity contribution in [2.75, 3.05) is 0 Å². The zero-order chi connectivity index (χ0) is 8.69. The monoisotopic (exact) mass is 153 g/mol. The second-order valence-electron chi connectivity index (χ2n) is 3.20. The highest BCUT2D eigenvalue weighted by molar-refractivity contribution is 4.94. The van der Waals surface area contributed by atoms with Crippen molar-refractivity contribution in [2.24, 2.45) is 11.7 Å². The first-order valence-corrected chi connectivity index (χ1v) is 4.22. The van der Waals surface area contributed by atoms with Crippen LogP contribution in [-0.4, -0.2) is 0 Å². The maximum Gasteiger partial charge on any atom is 0.000844 e. The van der Waals surface area contributed by atoms with Gasteiger partial charge in [-0.15, -0.1) is 0 Å². The Morgan fingerprint density at radius 2 is 2.00 bits per heavy atom. The van der Waals surface area contributed by atoms with Crippen LogP contribution in [0.3, 0.4) is 0 Å². The largest absolute Gasteiger partial charge is 0.403 e. The van der Waals surface area contributed by atoms with Crippen molar-refractivity contribution < 1.29 is 0 Å². The minimum atomic E-state index is 0.665. The van der Waals surface area contributed by atoms with Crippen molar-refractivity contribution in [2.45, 2.75) is 33.6 Å². The summed E-state index contributed by atoms with van der Waals surface area (Å²) in [5.41, 5.74) is 6.39. The van der Waals surface area contributed by atoms with Gasteiger partial charge >= 0.3 is 0 Å². The predicted octanol–water partition coefficient (Wildman–Crippen LogP) is 2.84. The van der Waals surface area contributed by atoms with Crippen LogP contribution in [-0.2, 0) is 0 Å². The molecule has 1 nitrogen and oxygen atoms in total. The summed E-state index contributed by atoms with van der Waals surface area (Å²) in [5, 5.41) is 0. The second-order valence-corrected chi connectivity index (χ2v) is 3.20. The van der Waals surface area contributed by atoms with E-state index in [4.69, 9.17) is 5.73 Å². The number of nitrogens with two attached hydrogens (primary N) is 1. The van der Waals surface area contributed by atoms with Crippen molar-refractivity contribution >= 4 is 0 Å². The van der Waals surface area contributed by atoms with Gasteiger partial charge in [0.1, 0.15) is 0 Å². The molecule has 0 saturated heterocycles. The molecule has 0 spiro atoms. The van der Waals surface area contributed by atoms with Crippen molar-refractivity contribution in [1.82, 2.24) is 0 Å². The van der Waals surface area contributed by atoms with E-state index in [1.54, 1.807) is 0 Å². The molecule has 0 radical (unpaired) electrons. The Bertz CT molecular complexity index is 139. The van der Waals surface area contributed by atoms with Crippen molar-refractivity contribution in [1.29, 1.82) is 0 Å². The van der Waals surface area contributed by atoms with Crippen LogP contribution in [0.1, 0.15) is 33.6 Å².